The minimum atomic E-state index is -0.471. The normalized spacial score (nSPS) is 31.3. The van der Waals surface area contributed by atoms with Gasteiger partial charge in [-0.2, -0.15) is 0 Å². The number of halogens is 2. The number of benzene rings is 1. The van der Waals surface area contributed by atoms with E-state index in [-0.39, 0.29) is 6.10 Å². The lowest BCUT2D eigenvalue weighted by Gasteiger charge is -2.43. The molecule has 1 saturated carbocycles. The molecule has 0 heterocycles. The van der Waals surface area contributed by atoms with Crippen LogP contribution < -0.4 is 5.73 Å². The Morgan fingerprint density at radius 3 is 2.50 bits per heavy atom. The van der Waals surface area contributed by atoms with Crippen LogP contribution in [0.25, 0.3) is 0 Å². The quantitative estimate of drug-likeness (QED) is 0.780. The molecule has 1 aliphatic rings. The first-order valence-corrected chi connectivity index (χ1v) is 5.19. The molecule has 0 aliphatic heterocycles. The van der Waals surface area contributed by atoms with Crippen molar-refractivity contribution in [3.8, 4) is 0 Å². The Kier molecular flexibility index (Phi) is 2.48. The van der Waals surface area contributed by atoms with Crippen molar-refractivity contribution in [3.05, 3.63) is 33.8 Å². The van der Waals surface area contributed by atoms with Gasteiger partial charge >= 0.3 is 0 Å². The van der Waals surface area contributed by atoms with Gasteiger partial charge in [-0.25, -0.2) is 0 Å². The largest absolute Gasteiger partial charge is 0.393 e. The van der Waals surface area contributed by atoms with Crippen LogP contribution in [0.15, 0.2) is 18.2 Å². The summed E-state index contributed by atoms with van der Waals surface area (Å²) in [5, 5.41) is 10.4. The lowest BCUT2D eigenvalue weighted by molar-refractivity contribution is 0.0210. The molecule has 76 valence electrons. The maximum atomic E-state index is 9.24. The molecular weight excluding hydrogens is 221 g/mol. The number of aliphatic hydroxyl groups excluding tert-OH is 1. The number of aliphatic hydroxyl groups is 1. The van der Waals surface area contributed by atoms with Gasteiger partial charge < -0.3 is 10.8 Å². The van der Waals surface area contributed by atoms with Crippen LogP contribution in [0.4, 0.5) is 0 Å². The van der Waals surface area contributed by atoms with Crippen molar-refractivity contribution in [2.75, 3.05) is 0 Å². The molecule has 0 aromatic heterocycles. The summed E-state index contributed by atoms with van der Waals surface area (Å²) in [4.78, 5) is 0. The van der Waals surface area contributed by atoms with Gasteiger partial charge in [0.2, 0.25) is 0 Å². The zero-order chi connectivity index (χ0) is 10.3. The SMILES string of the molecule is NC1(c2ccc(Cl)cc2Cl)CC(O)C1. The summed E-state index contributed by atoms with van der Waals surface area (Å²) in [7, 11) is 0. The van der Waals surface area contributed by atoms with Gasteiger partial charge in [-0.15, -0.1) is 0 Å². The van der Waals surface area contributed by atoms with Crippen molar-refractivity contribution in [1.82, 2.24) is 0 Å². The van der Waals surface area contributed by atoms with Crippen LogP contribution in [0.2, 0.25) is 10.0 Å². The van der Waals surface area contributed by atoms with Gasteiger partial charge in [-0.3, -0.25) is 0 Å². The zero-order valence-corrected chi connectivity index (χ0v) is 9.02. The minimum Gasteiger partial charge on any atom is -0.393 e. The van der Waals surface area contributed by atoms with E-state index < -0.39 is 5.54 Å². The van der Waals surface area contributed by atoms with Gasteiger partial charge in [0.1, 0.15) is 0 Å². The Morgan fingerprint density at radius 1 is 1.36 bits per heavy atom. The Bertz CT molecular complexity index is 361. The maximum absolute atomic E-state index is 9.24. The molecule has 0 spiro atoms. The van der Waals surface area contributed by atoms with Gasteiger partial charge in [0.15, 0.2) is 0 Å². The molecule has 1 fully saturated rings. The van der Waals surface area contributed by atoms with E-state index >= 15 is 0 Å². The van der Waals surface area contributed by atoms with E-state index in [9.17, 15) is 5.11 Å². The van der Waals surface area contributed by atoms with Gasteiger partial charge in [0, 0.05) is 15.6 Å². The molecule has 14 heavy (non-hydrogen) atoms. The number of hydrogen-bond acceptors (Lipinski definition) is 2. The molecule has 1 aromatic carbocycles. The highest BCUT2D eigenvalue weighted by Gasteiger charge is 2.42. The average molecular weight is 232 g/mol. The lowest BCUT2D eigenvalue weighted by atomic mass is 9.70. The Morgan fingerprint density at radius 2 is 2.00 bits per heavy atom. The Labute approximate surface area is 92.6 Å². The number of hydrogen-bond donors (Lipinski definition) is 2. The highest BCUT2D eigenvalue weighted by atomic mass is 35.5. The predicted octanol–water partition coefficient (Wildman–Crippen LogP) is 2.30. The predicted molar refractivity (Wildman–Crippen MR) is 57.6 cm³/mol. The molecule has 0 amide bonds. The number of rotatable bonds is 1. The second kappa shape index (κ2) is 3.38. The molecular formula is C10H11Cl2NO. The van der Waals surface area contributed by atoms with Crippen LogP contribution in [0.1, 0.15) is 18.4 Å². The molecule has 2 rings (SSSR count). The van der Waals surface area contributed by atoms with Crippen LogP contribution in [0.3, 0.4) is 0 Å². The first-order chi connectivity index (χ1) is 6.51. The summed E-state index contributed by atoms with van der Waals surface area (Å²) >= 11 is 11.8. The first-order valence-electron chi connectivity index (χ1n) is 4.44. The standard InChI is InChI=1S/C10H11Cl2NO/c11-6-1-2-8(9(12)3-6)10(13)4-7(14)5-10/h1-3,7,14H,4-5,13H2. The molecule has 3 N–H and O–H groups in total. The van der Waals surface area contributed by atoms with E-state index in [4.69, 9.17) is 28.9 Å². The lowest BCUT2D eigenvalue weighted by Crippen LogP contribution is -2.51. The van der Waals surface area contributed by atoms with Crippen LogP contribution >= 0.6 is 23.2 Å². The van der Waals surface area contributed by atoms with Crippen molar-refractivity contribution in [3.63, 3.8) is 0 Å². The van der Waals surface area contributed by atoms with E-state index in [1.54, 1.807) is 12.1 Å². The van der Waals surface area contributed by atoms with E-state index in [1.807, 2.05) is 6.07 Å². The second-order valence-corrected chi connectivity index (χ2v) is 4.69. The van der Waals surface area contributed by atoms with Gasteiger partial charge in [-0.1, -0.05) is 29.3 Å². The highest BCUT2D eigenvalue weighted by Crippen LogP contribution is 2.42. The summed E-state index contributed by atoms with van der Waals surface area (Å²) in [6.07, 6.45) is 0.828. The monoisotopic (exact) mass is 231 g/mol. The smallest absolute Gasteiger partial charge is 0.0582 e. The third-order valence-corrected chi connectivity index (χ3v) is 3.22. The molecule has 2 nitrogen and oxygen atoms in total. The second-order valence-electron chi connectivity index (χ2n) is 3.84. The summed E-state index contributed by atoms with van der Waals surface area (Å²) in [6, 6.07) is 5.27. The first kappa shape index (κ1) is 10.2. The zero-order valence-electron chi connectivity index (χ0n) is 7.50. The summed E-state index contributed by atoms with van der Waals surface area (Å²) in [5.74, 6) is 0. The van der Waals surface area contributed by atoms with Crippen molar-refractivity contribution < 1.29 is 5.11 Å². The van der Waals surface area contributed by atoms with Crippen molar-refractivity contribution in [2.45, 2.75) is 24.5 Å². The summed E-state index contributed by atoms with van der Waals surface area (Å²) in [6.45, 7) is 0. The van der Waals surface area contributed by atoms with Crippen LogP contribution in [0.5, 0.6) is 0 Å². The van der Waals surface area contributed by atoms with E-state index in [1.165, 1.54) is 0 Å². The van der Waals surface area contributed by atoms with Crippen LogP contribution in [-0.2, 0) is 5.54 Å². The third-order valence-electron chi connectivity index (χ3n) is 2.67. The van der Waals surface area contributed by atoms with Crippen LogP contribution in [-0.4, -0.2) is 11.2 Å². The molecule has 1 aliphatic carbocycles. The Balaban J connectivity index is 2.33. The molecule has 0 bridgehead atoms. The van der Waals surface area contributed by atoms with Gasteiger partial charge in [-0.05, 0) is 30.5 Å². The van der Waals surface area contributed by atoms with Crippen molar-refractivity contribution in [2.24, 2.45) is 5.73 Å². The highest BCUT2D eigenvalue weighted by molar-refractivity contribution is 6.35. The average Bonchev–Trinajstić information content (AvgIpc) is 2.00. The Hall–Kier alpha value is -0.280. The molecule has 0 saturated heterocycles. The molecule has 0 radical (unpaired) electrons. The molecule has 4 heteroatoms. The van der Waals surface area contributed by atoms with E-state index in [0.29, 0.717) is 22.9 Å². The van der Waals surface area contributed by atoms with E-state index in [2.05, 4.69) is 0 Å². The van der Waals surface area contributed by atoms with Crippen molar-refractivity contribution in [1.29, 1.82) is 0 Å². The van der Waals surface area contributed by atoms with E-state index in [0.717, 1.165) is 5.56 Å². The molecule has 0 atom stereocenters. The summed E-state index contributed by atoms with van der Waals surface area (Å²) < 4.78 is 0. The fourth-order valence-corrected chi connectivity index (χ4v) is 2.49. The number of nitrogens with two attached hydrogens (primary N) is 1. The van der Waals surface area contributed by atoms with Gasteiger partial charge in [0.05, 0.1) is 6.10 Å². The molecule has 1 aromatic rings. The third kappa shape index (κ3) is 1.63. The summed E-state index contributed by atoms with van der Waals surface area (Å²) in [5.41, 5.74) is 6.48. The fourth-order valence-electron chi connectivity index (χ4n) is 1.89. The molecule has 0 unspecified atom stereocenters. The van der Waals surface area contributed by atoms with Gasteiger partial charge in [0.25, 0.3) is 0 Å². The maximum Gasteiger partial charge on any atom is 0.0582 e. The van der Waals surface area contributed by atoms with Crippen molar-refractivity contribution >= 4 is 23.2 Å². The topological polar surface area (TPSA) is 46.2 Å². The minimum absolute atomic E-state index is 0.299. The fraction of sp³-hybridized carbons (Fsp3) is 0.400. The van der Waals surface area contributed by atoms with Crippen LogP contribution in [0, 0.1) is 0 Å².